The number of carbonyl (C=O) groups is 3. The average Bonchev–Trinajstić information content (AvgIpc) is 2.36. The van der Waals surface area contributed by atoms with E-state index in [2.05, 4.69) is 0 Å². The van der Waals surface area contributed by atoms with Gasteiger partial charge in [0.25, 0.3) is 0 Å². The molecule has 0 spiro atoms. The average molecular weight is 286 g/mol. The second-order valence-corrected chi connectivity index (χ2v) is 5.82. The van der Waals surface area contributed by atoms with Crippen molar-refractivity contribution in [2.75, 3.05) is 13.2 Å². The van der Waals surface area contributed by atoms with Crippen LogP contribution in [0.1, 0.15) is 41.5 Å². The highest BCUT2D eigenvalue weighted by molar-refractivity contribution is 5.84. The zero-order chi connectivity index (χ0) is 15.9. The minimum Gasteiger partial charge on any atom is -0.465 e. The maximum atomic E-state index is 12.0. The molecule has 0 rings (SSSR count). The first kappa shape index (κ1) is 18.6. The van der Waals surface area contributed by atoms with Crippen molar-refractivity contribution in [3.63, 3.8) is 0 Å². The molecule has 20 heavy (non-hydrogen) atoms. The van der Waals surface area contributed by atoms with E-state index in [1.54, 1.807) is 41.5 Å². The summed E-state index contributed by atoms with van der Waals surface area (Å²) >= 11 is 0. The van der Waals surface area contributed by atoms with Crippen LogP contribution < -0.4 is 0 Å². The van der Waals surface area contributed by atoms with Crippen LogP contribution in [0.3, 0.4) is 0 Å². The first-order valence-electron chi connectivity index (χ1n) is 7.03. The van der Waals surface area contributed by atoms with Gasteiger partial charge in [-0.2, -0.15) is 0 Å². The third-order valence-corrected chi connectivity index (χ3v) is 2.77. The minimum absolute atomic E-state index is 0.0423. The van der Waals surface area contributed by atoms with Crippen molar-refractivity contribution in [1.29, 1.82) is 0 Å². The Bertz CT molecular complexity index is 320. The number of carbonyl (C=O) groups excluding carboxylic acids is 3. The number of Topliss-reactive ketones (excluding diaryl/α,β-unsaturated/α-hetero) is 1. The van der Waals surface area contributed by atoms with Gasteiger partial charge >= 0.3 is 11.9 Å². The molecule has 0 aliphatic rings. The van der Waals surface area contributed by atoms with Crippen LogP contribution in [0.5, 0.6) is 0 Å². The van der Waals surface area contributed by atoms with Crippen molar-refractivity contribution < 1.29 is 23.9 Å². The van der Waals surface area contributed by atoms with E-state index in [4.69, 9.17) is 9.47 Å². The van der Waals surface area contributed by atoms with E-state index in [0.717, 1.165) is 0 Å². The van der Waals surface area contributed by atoms with Gasteiger partial charge in [0.2, 0.25) is 0 Å². The molecule has 0 aromatic carbocycles. The number of ketones is 1. The predicted molar refractivity (Wildman–Crippen MR) is 74.9 cm³/mol. The van der Waals surface area contributed by atoms with Crippen LogP contribution >= 0.6 is 0 Å². The molecule has 0 amide bonds. The van der Waals surface area contributed by atoms with E-state index in [9.17, 15) is 14.4 Å². The predicted octanol–water partition coefficient (Wildman–Crippen LogP) is 2.23. The third kappa shape index (κ3) is 6.68. The highest BCUT2D eigenvalue weighted by atomic mass is 16.5. The quantitative estimate of drug-likeness (QED) is 0.640. The van der Waals surface area contributed by atoms with Gasteiger partial charge in [-0.15, -0.1) is 0 Å². The summed E-state index contributed by atoms with van der Waals surface area (Å²) in [5, 5.41) is 0. The number of esters is 2. The van der Waals surface area contributed by atoms with Crippen LogP contribution in [0.25, 0.3) is 0 Å². The molecule has 0 saturated carbocycles. The smallest absolute Gasteiger partial charge is 0.308 e. The van der Waals surface area contributed by atoms with Gasteiger partial charge in [0.1, 0.15) is 19.0 Å². The lowest BCUT2D eigenvalue weighted by Gasteiger charge is -2.19. The van der Waals surface area contributed by atoms with Gasteiger partial charge in [-0.1, -0.05) is 41.5 Å². The van der Waals surface area contributed by atoms with E-state index in [0.29, 0.717) is 0 Å². The Morgan fingerprint density at radius 1 is 0.700 bits per heavy atom. The standard InChI is InChI=1S/C15H26O5/c1-9(2)13(16)12(7-19-14(17)10(3)4)8-20-15(18)11(5)6/h9-12H,7-8H2,1-6H3. The molecule has 5 nitrogen and oxygen atoms in total. The van der Waals surface area contributed by atoms with Gasteiger partial charge in [-0.05, 0) is 0 Å². The van der Waals surface area contributed by atoms with Crippen molar-refractivity contribution in [2.45, 2.75) is 41.5 Å². The van der Waals surface area contributed by atoms with Gasteiger partial charge in [0, 0.05) is 5.92 Å². The summed E-state index contributed by atoms with van der Waals surface area (Å²) in [7, 11) is 0. The Balaban J connectivity index is 4.54. The highest BCUT2D eigenvalue weighted by Gasteiger charge is 2.25. The topological polar surface area (TPSA) is 69.7 Å². The summed E-state index contributed by atoms with van der Waals surface area (Å²) < 4.78 is 10.2. The Kier molecular flexibility index (Phi) is 8.11. The van der Waals surface area contributed by atoms with Crippen LogP contribution in [0.15, 0.2) is 0 Å². The molecule has 0 aromatic rings. The molecule has 5 heteroatoms. The summed E-state index contributed by atoms with van der Waals surface area (Å²) in [4.78, 5) is 34.9. The van der Waals surface area contributed by atoms with Crippen molar-refractivity contribution in [3.8, 4) is 0 Å². The molecular formula is C15H26O5. The Morgan fingerprint density at radius 3 is 1.30 bits per heavy atom. The molecule has 0 aliphatic heterocycles. The SMILES string of the molecule is CC(C)C(=O)OCC(COC(=O)C(C)C)C(=O)C(C)C. The Labute approximate surface area is 121 Å². The molecule has 0 radical (unpaired) electrons. The molecule has 0 saturated heterocycles. The first-order chi connectivity index (χ1) is 9.16. The second kappa shape index (κ2) is 8.72. The molecule has 0 aromatic heterocycles. The number of hydrogen-bond donors (Lipinski definition) is 0. The maximum absolute atomic E-state index is 12.0. The van der Waals surface area contributed by atoms with Crippen LogP contribution in [0.4, 0.5) is 0 Å². The monoisotopic (exact) mass is 286 g/mol. The van der Waals surface area contributed by atoms with E-state index < -0.39 is 5.92 Å². The van der Waals surface area contributed by atoms with Crippen molar-refractivity contribution in [2.24, 2.45) is 23.7 Å². The summed E-state index contributed by atoms with van der Waals surface area (Å²) in [6.45, 7) is 10.3. The van der Waals surface area contributed by atoms with Crippen LogP contribution in [-0.2, 0) is 23.9 Å². The highest BCUT2D eigenvalue weighted by Crippen LogP contribution is 2.11. The normalized spacial score (nSPS) is 11.3. The Morgan fingerprint density at radius 2 is 1.05 bits per heavy atom. The lowest BCUT2D eigenvalue weighted by atomic mass is 9.96. The molecule has 116 valence electrons. The summed E-state index contributed by atoms with van der Waals surface area (Å²) in [5.74, 6) is -2.08. The zero-order valence-corrected chi connectivity index (χ0v) is 13.3. The van der Waals surface area contributed by atoms with Crippen LogP contribution in [-0.4, -0.2) is 30.9 Å². The second-order valence-electron chi connectivity index (χ2n) is 5.82. The fraction of sp³-hybridized carbons (Fsp3) is 0.800. The van der Waals surface area contributed by atoms with Gasteiger partial charge < -0.3 is 9.47 Å². The first-order valence-corrected chi connectivity index (χ1v) is 7.03. The number of rotatable bonds is 8. The third-order valence-electron chi connectivity index (χ3n) is 2.77. The van der Waals surface area contributed by atoms with Gasteiger partial charge in [-0.3, -0.25) is 14.4 Å². The molecule has 0 unspecified atom stereocenters. The largest absolute Gasteiger partial charge is 0.465 e. The lowest BCUT2D eigenvalue weighted by molar-refractivity contribution is -0.155. The fourth-order valence-electron chi connectivity index (χ4n) is 1.38. The molecule has 0 aliphatic carbocycles. The van der Waals surface area contributed by atoms with E-state index in [-0.39, 0.29) is 48.7 Å². The van der Waals surface area contributed by atoms with Crippen molar-refractivity contribution in [1.82, 2.24) is 0 Å². The molecule has 0 heterocycles. The molecular weight excluding hydrogens is 260 g/mol. The maximum Gasteiger partial charge on any atom is 0.308 e. The van der Waals surface area contributed by atoms with Gasteiger partial charge in [0.05, 0.1) is 17.8 Å². The van der Waals surface area contributed by atoms with Crippen molar-refractivity contribution >= 4 is 17.7 Å². The zero-order valence-electron chi connectivity index (χ0n) is 13.3. The summed E-state index contributed by atoms with van der Waals surface area (Å²) in [6.07, 6.45) is 0. The molecule has 0 bridgehead atoms. The lowest BCUT2D eigenvalue weighted by Crippen LogP contribution is -2.32. The summed E-state index contributed by atoms with van der Waals surface area (Å²) in [6, 6.07) is 0. The van der Waals surface area contributed by atoms with Crippen LogP contribution in [0, 0.1) is 23.7 Å². The summed E-state index contributed by atoms with van der Waals surface area (Å²) in [5.41, 5.74) is 0. The fourth-order valence-corrected chi connectivity index (χ4v) is 1.38. The Hall–Kier alpha value is -1.39. The minimum atomic E-state index is -0.597. The van der Waals surface area contributed by atoms with E-state index in [1.165, 1.54) is 0 Å². The van der Waals surface area contributed by atoms with Gasteiger partial charge in [-0.25, -0.2) is 0 Å². The van der Waals surface area contributed by atoms with Crippen molar-refractivity contribution in [3.05, 3.63) is 0 Å². The van der Waals surface area contributed by atoms with E-state index >= 15 is 0 Å². The van der Waals surface area contributed by atoms with E-state index in [1.807, 2.05) is 0 Å². The molecule has 0 fully saturated rings. The van der Waals surface area contributed by atoms with Crippen LogP contribution in [0.2, 0.25) is 0 Å². The molecule has 0 atom stereocenters. The molecule has 0 N–H and O–H groups in total. The van der Waals surface area contributed by atoms with Gasteiger partial charge in [0.15, 0.2) is 0 Å². The number of ether oxygens (including phenoxy) is 2. The number of hydrogen-bond acceptors (Lipinski definition) is 5.